The van der Waals surface area contributed by atoms with Crippen LogP contribution in [0.2, 0.25) is 0 Å². The third kappa shape index (κ3) is 5.83. The zero-order chi connectivity index (χ0) is 23.3. The first kappa shape index (κ1) is 23.9. The number of piperidine rings is 1. The average molecular weight is 471 g/mol. The van der Waals surface area contributed by atoms with E-state index in [1.807, 2.05) is 25.1 Å². The molecule has 0 aliphatic carbocycles. The molecular weight excluding hydrogens is 436 g/mol. The summed E-state index contributed by atoms with van der Waals surface area (Å²) in [5, 5.41) is 1.51. The monoisotopic (exact) mass is 470 g/mol. The third-order valence-corrected chi connectivity index (χ3v) is 8.18. The fourth-order valence-corrected chi connectivity index (χ4v) is 5.92. The molecule has 178 valence electrons. The standard InChI is InChI=1S/C26H34N2O4S/c1-22-11-13-24(14-12-22)33(30,31)32-28-19-15-26(16-20-28,21-23-9-5-4-6-10-23)25(29)27-17-7-2-3-8-18-27/h4-6,9-14H,2-3,7-8,15-21H2,1H3. The molecule has 0 spiro atoms. The maximum Gasteiger partial charge on any atom is 0.313 e. The zero-order valence-corrected chi connectivity index (χ0v) is 20.2. The Labute approximate surface area is 197 Å². The Kier molecular flexibility index (Phi) is 7.51. The van der Waals surface area contributed by atoms with Crippen LogP contribution in [0.25, 0.3) is 0 Å². The van der Waals surface area contributed by atoms with Crippen LogP contribution in [0, 0.1) is 12.3 Å². The van der Waals surface area contributed by atoms with Crippen LogP contribution in [0.15, 0.2) is 59.5 Å². The van der Waals surface area contributed by atoms with Crippen molar-refractivity contribution in [2.75, 3.05) is 26.2 Å². The van der Waals surface area contributed by atoms with Crippen molar-refractivity contribution in [3.63, 3.8) is 0 Å². The van der Waals surface area contributed by atoms with Crippen molar-refractivity contribution in [3.05, 3.63) is 65.7 Å². The van der Waals surface area contributed by atoms with Gasteiger partial charge in [0.1, 0.15) is 0 Å². The average Bonchev–Trinajstić information content (AvgIpc) is 3.10. The van der Waals surface area contributed by atoms with Crippen LogP contribution in [0.5, 0.6) is 0 Å². The summed E-state index contributed by atoms with van der Waals surface area (Å²) in [6.07, 6.45) is 6.26. The Morgan fingerprint density at radius 1 is 0.879 bits per heavy atom. The van der Waals surface area contributed by atoms with Crippen molar-refractivity contribution in [1.29, 1.82) is 0 Å². The minimum absolute atomic E-state index is 0.148. The van der Waals surface area contributed by atoms with Crippen molar-refractivity contribution in [1.82, 2.24) is 9.96 Å². The summed E-state index contributed by atoms with van der Waals surface area (Å²) in [4.78, 5) is 16.0. The molecule has 6 nitrogen and oxygen atoms in total. The number of hydrogen-bond donors (Lipinski definition) is 0. The summed E-state index contributed by atoms with van der Waals surface area (Å²) in [7, 11) is -3.89. The van der Waals surface area contributed by atoms with Crippen molar-refractivity contribution in [2.24, 2.45) is 5.41 Å². The lowest BCUT2D eigenvalue weighted by Crippen LogP contribution is -2.51. The van der Waals surface area contributed by atoms with Crippen LogP contribution < -0.4 is 0 Å². The summed E-state index contributed by atoms with van der Waals surface area (Å²) in [5.74, 6) is 0.217. The maximum absolute atomic E-state index is 13.8. The number of amides is 1. The Morgan fingerprint density at radius 2 is 1.48 bits per heavy atom. The predicted octanol–water partition coefficient (Wildman–Crippen LogP) is 4.34. The molecule has 0 saturated carbocycles. The second-order valence-electron chi connectivity index (χ2n) is 9.42. The van der Waals surface area contributed by atoms with Gasteiger partial charge >= 0.3 is 10.1 Å². The number of hydrogen-bond acceptors (Lipinski definition) is 5. The lowest BCUT2D eigenvalue weighted by molar-refractivity contribution is -0.152. The third-order valence-electron chi connectivity index (χ3n) is 6.92. The molecule has 33 heavy (non-hydrogen) atoms. The molecule has 2 fully saturated rings. The Hall–Kier alpha value is -2.22. The molecule has 2 aromatic carbocycles. The van der Waals surface area contributed by atoms with Crippen LogP contribution in [-0.2, 0) is 25.6 Å². The number of benzene rings is 2. The SMILES string of the molecule is Cc1ccc(S(=O)(=O)ON2CCC(Cc3ccccc3)(C(=O)N3CCCCCC3)CC2)cc1. The maximum atomic E-state index is 13.8. The van der Waals surface area contributed by atoms with Crippen LogP contribution >= 0.6 is 0 Å². The van der Waals surface area contributed by atoms with E-state index in [1.165, 1.54) is 17.9 Å². The second kappa shape index (κ2) is 10.4. The molecule has 0 bridgehead atoms. The molecule has 2 aliphatic heterocycles. The minimum Gasteiger partial charge on any atom is -0.342 e. The normalized spacial score (nSPS) is 19.7. The van der Waals surface area contributed by atoms with E-state index >= 15 is 0 Å². The topological polar surface area (TPSA) is 66.9 Å². The van der Waals surface area contributed by atoms with Crippen LogP contribution in [0.3, 0.4) is 0 Å². The van der Waals surface area contributed by atoms with Gasteiger partial charge in [0.2, 0.25) is 5.91 Å². The summed E-state index contributed by atoms with van der Waals surface area (Å²) in [6, 6.07) is 16.8. The number of hydroxylamine groups is 2. The highest BCUT2D eigenvalue weighted by Gasteiger charge is 2.44. The highest BCUT2D eigenvalue weighted by Crippen LogP contribution is 2.38. The van der Waals surface area contributed by atoms with E-state index in [0.717, 1.165) is 37.1 Å². The lowest BCUT2D eigenvalue weighted by atomic mass is 9.73. The van der Waals surface area contributed by atoms with E-state index in [2.05, 4.69) is 17.0 Å². The molecule has 0 aromatic heterocycles. The quantitative estimate of drug-likeness (QED) is 0.628. The minimum atomic E-state index is -3.89. The molecule has 4 rings (SSSR count). The van der Waals surface area contributed by atoms with E-state index in [0.29, 0.717) is 32.4 Å². The number of rotatable bonds is 6. The van der Waals surface area contributed by atoms with Crippen molar-refractivity contribution < 1.29 is 17.5 Å². The fourth-order valence-electron chi connectivity index (χ4n) is 4.94. The van der Waals surface area contributed by atoms with E-state index in [1.54, 1.807) is 24.3 Å². The smallest absolute Gasteiger partial charge is 0.313 e. The van der Waals surface area contributed by atoms with Gasteiger partial charge in [0.25, 0.3) is 0 Å². The van der Waals surface area contributed by atoms with Gasteiger partial charge in [-0.15, -0.1) is 0 Å². The molecule has 2 heterocycles. The predicted molar refractivity (Wildman–Crippen MR) is 128 cm³/mol. The Balaban J connectivity index is 1.49. The molecule has 7 heteroatoms. The molecule has 2 aromatic rings. The highest BCUT2D eigenvalue weighted by atomic mass is 32.2. The highest BCUT2D eigenvalue weighted by molar-refractivity contribution is 7.86. The van der Waals surface area contributed by atoms with Crippen LogP contribution in [0.1, 0.15) is 49.7 Å². The fraction of sp³-hybridized carbons (Fsp3) is 0.500. The first-order valence-electron chi connectivity index (χ1n) is 12.0. The van der Waals surface area contributed by atoms with Gasteiger partial charge in [-0.3, -0.25) is 4.79 Å². The van der Waals surface area contributed by atoms with Gasteiger partial charge in [-0.05, 0) is 56.7 Å². The molecule has 2 aliphatic rings. The van der Waals surface area contributed by atoms with Crippen LogP contribution in [0.4, 0.5) is 0 Å². The molecule has 0 atom stereocenters. The van der Waals surface area contributed by atoms with E-state index < -0.39 is 15.5 Å². The first-order valence-corrected chi connectivity index (χ1v) is 13.4. The van der Waals surface area contributed by atoms with Gasteiger partial charge in [-0.2, -0.15) is 17.8 Å². The van der Waals surface area contributed by atoms with E-state index in [4.69, 9.17) is 4.28 Å². The van der Waals surface area contributed by atoms with E-state index in [9.17, 15) is 13.2 Å². The number of likely N-dealkylation sites (tertiary alicyclic amines) is 1. The Morgan fingerprint density at radius 3 is 2.09 bits per heavy atom. The van der Waals surface area contributed by atoms with Crippen molar-refractivity contribution in [2.45, 2.75) is 56.8 Å². The largest absolute Gasteiger partial charge is 0.342 e. The number of nitrogens with zero attached hydrogens (tertiary/aromatic N) is 2. The molecular formula is C26H34N2O4S. The lowest BCUT2D eigenvalue weighted by Gasteiger charge is -2.42. The van der Waals surface area contributed by atoms with Gasteiger partial charge in [0.15, 0.2) is 0 Å². The summed E-state index contributed by atoms with van der Waals surface area (Å²) >= 11 is 0. The Bertz CT molecular complexity index is 1020. The molecule has 2 saturated heterocycles. The molecule has 0 radical (unpaired) electrons. The summed E-state index contributed by atoms with van der Waals surface area (Å²) < 4.78 is 31.0. The van der Waals surface area contributed by atoms with Crippen molar-refractivity contribution in [3.8, 4) is 0 Å². The molecule has 1 amide bonds. The zero-order valence-electron chi connectivity index (χ0n) is 19.4. The van der Waals surface area contributed by atoms with Gasteiger partial charge < -0.3 is 4.90 Å². The van der Waals surface area contributed by atoms with E-state index in [-0.39, 0.29) is 10.8 Å². The van der Waals surface area contributed by atoms with Crippen LogP contribution in [-0.4, -0.2) is 50.5 Å². The first-order chi connectivity index (χ1) is 15.9. The number of aryl methyl sites for hydroxylation is 1. The van der Waals surface area contributed by atoms with Crippen molar-refractivity contribution >= 4 is 16.0 Å². The summed E-state index contributed by atoms with van der Waals surface area (Å²) in [5.41, 5.74) is 1.60. The second-order valence-corrected chi connectivity index (χ2v) is 10.9. The number of carbonyl (C=O) groups is 1. The molecule has 0 unspecified atom stereocenters. The molecule has 0 N–H and O–H groups in total. The van der Waals surface area contributed by atoms with Gasteiger partial charge in [-0.1, -0.05) is 60.9 Å². The van der Waals surface area contributed by atoms with Gasteiger partial charge in [0.05, 0.1) is 10.3 Å². The number of carbonyl (C=O) groups excluding carboxylic acids is 1. The summed E-state index contributed by atoms with van der Waals surface area (Å²) in [6.45, 7) is 4.35. The van der Waals surface area contributed by atoms with Gasteiger partial charge in [-0.25, -0.2) is 0 Å². The van der Waals surface area contributed by atoms with Gasteiger partial charge in [0, 0.05) is 26.2 Å².